The van der Waals surface area contributed by atoms with Gasteiger partial charge in [0.15, 0.2) is 0 Å². The van der Waals surface area contributed by atoms with Crippen molar-refractivity contribution in [3.8, 4) is 0 Å². The van der Waals surface area contributed by atoms with Gasteiger partial charge in [-0.15, -0.1) is 12.4 Å². The second-order valence-electron chi connectivity index (χ2n) is 4.42. The molecule has 100 valence electrons. The zero-order chi connectivity index (χ0) is 12.3. The van der Waals surface area contributed by atoms with Crippen molar-refractivity contribution in [1.29, 1.82) is 0 Å². The van der Waals surface area contributed by atoms with Crippen molar-refractivity contribution in [3.05, 3.63) is 34.4 Å². The zero-order valence-corrected chi connectivity index (χ0v) is 10.7. The Bertz CT molecular complexity index is 406. The molecule has 0 saturated heterocycles. The van der Waals surface area contributed by atoms with E-state index in [9.17, 15) is 15.2 Å². The lowest BCUT2D eigenvalue weighted by molar-refractivity contribution is -0.384. The average Bonchev–Trinajstić information content (AvgIpc) is 2.32. The standard InChI is InChI=1S/C12H16N2O3.ClH/c15-10-7-5-9(6-8-10)13-11-3-1-2-4-12(11)14(16)17;/h1-4,9-10,13,15H,5-8H2;1H. The molecule has 1 aliphatic rings. The maximum Gasteiger partial charge on any atom is 0.292 e. The molecule has 1 aliphatic carbocycles. The molecule has 6 heteroatoms. The van der Waals surface area contributed by atoms with Crippen LogP contribution in [-0.2, 0) is 0 Å². The summed E-state index contributed by atoms with van der Waals surface area (Å²) in [5.41, 5.74) is 0.678. The second-order valence-corrected chi connectivity index (χ2v) is 4.42. The van der Waals surface area contributed by atoms with Crippen LogP contribution in [0.25, 0.3) is 0 Å². The van der Waals surface area contributed by atoms with Gasteiger partial charge in [0.1, 0.15) is 5.69 Å². The fourth-order valence-corrected chi connectivity index (χ4v) is 2.19. The summed E-state index contributed by atoms with van der Waals surface area (Å²) in [6, 6.07) is 6.89. The van der Waals surface area contributed by atoms with E-state index < -0.39 is 0 Å². The molecule has 1 saturated carbocycles. The molecule has 5 nitrogen and oxygen atoms in total. The Morgan fingerprint density at radius 3 is 2.44 bits per heavy atom. The van der Waals surface area contributed by atoms with E-state index >= 15 is 0 Å². The highest BCUT2D eigenvalue weighted by molar-refractivity contribution is 5.85. The second kappa shape index (κ2) is 6.56. The number of anilines is 1. The number of hydrogen-bond acceptors (Lipinski definition) is 4. The highest BCUT2D eigenvalue weighted by Crippen LogP contribution is 2.27. The van der Waals surface area contributed by atoms with Gasteiger partial charge in [0, 0.05) is 12.1 Å². The lowest BCUT2D eigenvalue weighted by Gasteiger charge is -2.26. The Hall–Kier alpha value is -1.33. The lowest BCUT2D eigenvalue weighted by atomic mass is 9.93. The third kappa shape index (κ3) is 3.58. The number of aliphatic hydroxyl groups excluding tert-OH is 1. The summed E-state index contributed by atoms with van der Waals surface area (Å²) in [7, 11) is 0. The number of rotatable bonds is 3. The first kappa shape index (κ1) is 14.7. The van der Waals surface area contributed by atoms with Crippen LogP contribution < -0.4 is 5.32 Å². The molecule has 0 unspecified atom stereocenters. The molecule has 0 aromatic heterocycles. The topological polar surface area (TPSA) is 75.4 Å². The minimum Gasteiger partial charge on any atom is -0.393 e. The molecule has 1 aromatic rings. The molecule has 0 atom stereocenters. The van der Waals surface area contributed by atoms with Crippen molar-refractivity contribution >= 4 is 23.8 Å². The van der Waals surface area contributed by atoms with Crippen LogP contribution in [0.15, 0.2) is 24.3 Å². The van der Waals surface area contributed by atoms with E-state index in [0.29, 0.717) is 5.69 Å². The number of nitrogens with one attached hydrogen (secondary N) is 1. The number of benzene rings is 1. The number of nitro benzene ring substituents is 1. The van der Waals surface area contributed by atoms with Gasteiger partial charge in [0.25, 0.3) is 5.69 Å². The summed E-state index contributed by atoms with van der Waals surface area (Å²) < 4.78 is 0. The first-order valence-corrected chi connectivity index (χ1v) is 5.85. The Morgan fingerprint density at radius 1 is 1.22 bits per heavy atom. The smallest absolute Gasteiger partial charge is 0.292 e. The van der Waals surface area contributed by atoms with Crippen molar-refractivity contribution in [2.75, 3.05) is 5.32 Å². The van der Waals surface area contributed by atoms with Crippen LogP contribution in [0.3, 0.4) is 0 Å². The van der Waals surface area contributed by atoms with Gasteiger partial charge in [-0.3, -0.25) is 10.1 Å². The molecule has 0 aliphatic heterocycles. The molecule has 2 rings (SSSR count). The fraction of sp³-hybridized carbons (Fsp3) is 0.500. The summed E-state index contributed by atoms with van der Waals surface area (Å²) in [6.07, 6.45) is 3.02. The normalized spacial score (nSPS) is 22.9. The SMILES string of the molecule is Cl.O=[N+]([O-])c1ccccc1NC1CCC(O)CC1. The largest absolute Gasteiger partial charge is 0.393 e. The third-order valence-electron chi connectivity index (χ3n) is 3.16. The summed E-state index contributed by atoms with van der Waals surface area (Å²) >= 11 is 0. The van der Waals surface area contributed by atoms with Crippen LogP contribution >= 0.6 is 12.4 Å². The van der Waals surface area contributed by atoms with Crippen LogP contribution in [0.1, 0.15) is 25.7 Å². The lowest BCUT2D eigenvalue weighted by Crippen LogP contribution is -2.28. The van der Waals surface area contributed by atoms with E-state index in [4.69, 9.17) is 0 Å². The summed E-state index contributed by atoms with van der Waals surface area (Å²) in [5, 5.41) is 23.4. The number of nitro groups is 1. The van der Waals surface area contributed by atoms with E-state index in [1.165, 1.54) is 6.07 Å². The van der Waals surface area contributed by atoms with Gasteiger partial charge >= 0.3 is 0 Å². The predicted octanol–water partition coefficient (Wildman–Crippen LogP) is 2.73. The molecule has 0 heterocycles. The minimum absolute atomic E-state index is 0. The van der Waals surface area contributed by atoms with E-state index in [-0.39, 0.29) is 35.2 Å². The van der Waals surface area contributed by atoms with Crippen molar-refractivity contribution < 1.29 is 10.0 Å². The highest BCUT2D eigenvalue weighted by atomic mass is 35.5. The number of nitrogens with zero attached hydrogens (tertiary/aromatic N) is 1. The van der Waals surface area contributed by atoms with E-state index in [1.807, 2.05) is 0 Å². The number of para-hydroxylation sites is 2. The maximum atomic E-state index is 10.8. The number of aliphatic hydroxyl groups is 1. The van der Waals surface area contributed by atoms with Gasteiger partial charge < -0.3 is 10.4 Å². The molecule has 18 heavy (non-hydrogen) atoms. The van der Waals surface area contributed by atoms with Gasteiger partial charge in [0.05, 0.1) is 11.0 Å². The fourth-order valence-electron chi connectivity index (χ4n) is 2.19. The number of hydrogen-bond donors (Lipinski definition) is 2. The van der Waals surface area contributed by atoms with Gasteiger partial charge in [-0.2, -0.15) is 0 Å². The van der Waals surface area contributed by atoms with Gasteiger partial charge in [-0.25, -0.2) is 0 Å². The zero-order valence-electron chi connectivity index (χ0n) is 9.91. The maximum absolute atomic E-state index is 10.8. The quantitative estimate of drug-likeness (QED) is 0.655. The van der Waals surface area contributed by atoms with Crippen molar-refractivity contribution in [2.45, 2.75) is 37.8 Å². The summed E-state index contributed by atoms with van der Waals surface area (Å²) in [5.74, 6) is 0. The monoisotopic (exact) mass is 272 g/mol. The average molecular weight is 273 g/mol. The molecular weight excluding hydrogens is 256 g/mol. The predicted molar refractivity (Wildman–Crippen MR) is 72.2 cm³/mol. The molecular formula is C12H17ClN2O3. The van der Waals surface area contributed by atoms with Gasteiger partial charge in [-0.05, 0) is 31.7 Å². The summed E-state index contributed by atoms with van der Waals surface area (Å²) in [6.45, 7) is 0. The van der Waals surface area contributed by atoms with Crippen LogP contribution in [0.4, 0.5) is 11.4 Å². The van der Waals surface area contributed by atoms with Crippen LogP contribution in [0, 0.1) is 10.1 Å². The summed E-state index contributed by atoms with van der Waals surface area (Å²) in [4.78, 5) is 10.5. The molecule has 0 spiro atoms. The first-order valence-electron chi connectivity index (χ1n) is 5.85. The number of halogens is 1. The van der Waals surface area contributed by atoms with Crippen LogP contribution in [0.2, 0.25) is 0 Å². The van der Waals surface area contributed by atoms with Crippen LogP contribution in [0.5, 0.6) is 0 Å². The van der Waals surface area contributed by atoms with Gasteiger partial charge in [-0.1, -0.05) is 12.1 Å². The Kier molecular flexibility index (Phi) is 5.37. The van der Waals surface area contributed by atoms with Gasteiger partial charge in [0.2, 0.25) is 0 Å². The van der Waals surface area contributed by atoms with Crippen molar-refractivity contribution in [2.24, 2.45) is 0 Å². The third-order valence-corrected chi connectivity index (χ3v) is 3.16. The Labute approximate surface area is 112 Å². The molecule has 1 aromatic carbocycles. The highest BCUT2D eigenvalue weighted by Gasteiger charge is 2.21. The van der Waals surface area contributed by atoms with E-state index in [0.717, 1.165) is 25.7 Å². The molecule has 0 bridgehead atoms. The van der Waals surface area contributed by atoms with Crippen molar-refractivity contribution in [3.63, 3.8) is 0 Å². The molecule has 1 fully saturated rings. The first-order chi connectivity index (χ1) is 8.16. The molecule has 0 radical (unpaired) electrons. The van der Waals surface area contributed by atoms with Crippen LogP contribution in [-0.4, -0.2) is 22.2 Å². The molecule has 2 N–H and O–H groups in total. The minimum atomic E-state index is -0.375. The molecule has 0 amide bonds. The van der Waals surface area contributed by atoms with E-state index in [1.54, 1.807) is 18.2 Å². The van der Waals surface area contributed by atoms with E-state index in [2.05, 4.69) is 5.32 Å². The Morgan fingerprint density at radius 2 is 1.83 bits per heavy atom. The Balaban J connectivity index is 0.00000162. The van der Waals surface area contributed by atoms with Crippen molar-refractivity contribution in [1.82, 2.24) is 0 Å².